The molecule has 1 N–H and O–H groups in total. The molecule has 1 aromatic heterocycles. The highest BCUT2D eigenvalue weighted by molar-refractivity contribution is 7.16. The quantitative estimate of drug-likeness (QED) is 0.527. The Kier molecular flexibility index (Phi) is 7.47. The van der Waals surface area contributed by atoms with Crippen molar-refractivity contribution in [1.29, 1.82) is 0 Å². The zero-order chi connectivity index (χ0) is 18.9. The first-order valence-electron chi connectivity index (χ1n) is 8.37. The molecule has 0 spiro atoms. The predicted octanol–water partition coefficient (Wildman–Crippen LogP) is 4.04. The van der Waals surface area contributed by atoms with Gasteiger partial charge in [-0.2, -0.15) is 0 Å². The van der Waals surface area contributed by atoms with Crippen molar-refractivity contribution in [2.75, 3.05) is 25.6 Å². The fourth-order valence-corrected chi connectivity index (χ4v) is 3.17. The number of carbonyl (C=O) groups excluding carboxylic acids is 2. The molecule has 1 heterocycles. The van der Waals surface area contributed by atoms with E-state index in [2.05, 4.69) is 5.32 Å². The highest BCUT2D eigenvalue weighted by atomic mass is 32.1. The lowest BCUT2D eigenvalue weighted by atomic mass is 10.2. The van der Waals surface area contributed by atoms with E-state index in [1.165, 1.54) is 11.3 Å². The molecular formula is C19H23NO5S. The molecule has 0 unspecified atom stereocenters. The zero-order valence-electron chi connectivity index (χ0n) is 15.2. The van der Waals surface area contributed by atoms with Crippen molar-refractivity contribution in [2.45, 2.75) is 26.7 Å². The minimum Gasteiger partial charge on any atom is -0.497 e. The first kappa shape index (κ1) is 19.8. The summed E-state index contributed by atoms with van der Waals surface area (Å²) >= 11 is 1.36. The molecule has 140 valence electrons. The summed E-state index contributed by atoms with van der Waals surface area (Å²) in [5, 5.41) is 3.32. The molecule has 0 atom stereocenters. The number of nitrogens with one attached hydrogen (secondary N) is 1. The molecule has 0 saturated carbocycles. The molecule has 26 heavy (non-hydrogen) atoms. The van der Waals surface area contributed by atoms with E-state index in [1.54, 1.807) is 20.1 Å². The summed E-state index contributed by atoms with van der Waals surface area (Å²) in [6, 6.07) is 9.00. The summed E-state index contributed by atoms with van der Waals surface area (Å²) < 4.78 is 15.7. The number of methoxy groups -OCH3 is 1. The molecule has 1 amide bonds. The lowest BCUT2D eigenvalue weighted by molar-refractivity contribution is -0.116. The van der Waals surface area contributed by atoms with Gasteiger partial charge in [-0.05, 0) is 50.6 Å². The van der Waals surface area contributed by atoms with Crippen LogP contribution in [0.15, 0.2) is 30.3 Å². The van der Waals surface area contributed by atoms with E-state index in [0.29, 0.717) is 36.6 Å². The number of hydrogen-bond acceptors (Lipinski definition) is 6. The van der Waals surface area contributed by atoms with Gasteiger partial charge in [-0.1, -0.05) is 0 Å². The maximum Gasteiger partial charge on any atom is 0.341 e. The minimum absolute atomic E-state index is 0.157. The molecule has 0 radical (unpaired) electrons. The van der Waals surface area contributed by atoms with E-state index in [9.17, 15) is 9.59 Å². The van der Waals surface area contributed by atoms with Crippen LogP contribution in [0.25, 0.3) is 0 Å². The van der Waals surface area contributed by atoms with E-state index in [4.69, 9.17) is 14.2 Å². The second kappa shape index (κ2) is 9.82. The highest BCUT2D eigenvalue weighted by Gasteiger charge is 2.17. The number of thiophene rings is 1. The average Bonchev–Trinajstić information content (AvgIpc) is 2.99. The van der Waals surface area contributed by atoms with Crippen LogP contribution in [0, 0.1) is 6.92 Å². The maximum absolute atomic E-state index is 12.1. The average molecular weight is 377 g/mol. The number of carbonyl (C=O) groups is 2. The third kappa shape index (κ3) is 5.77. The van der Waals surface area contributed by atoms with Crippen LogP contribution in [0.1, 0.15) is 35.0 Å². The Hall–Kier alpha value is -2.54. The lowest BCUT2D eigenvalue weighted by Crippen LogP contribution is -2.14. The minimum atomic E-state index is -0.421. The number of anilines is 1. The Morgan fingerprint density at radius 1 is 1.15 bits per heavy atom. The summed E-state index contributed by atoms with van der Waals surface area (Å²) in [5.74, 6) is 0.913. The summed E-state index contributed by atoms with van der Waals surface area (Å²) in [5.41, 5.74) is 0.400. The topological polar surface area (TPSA) is 73.9 Å². The van der Waals surface area contributed by atoms with Gasteiger partial charge in [-0.3, -0.25) is 4.79 Å². The molecular weight excluding hydrogens is 354 g/mol. The van der Waals surface area contributed by atoms with Crippen molar-refractivity contribution < 1.29 is 23.8 Å². The molecule has 1 aromatic carbocycles. The maximum atomic E-state index is 12.1. The Labute approximate surface area is 157 Å². The Morgan fingerprint density at radius 2 is 1.85 bits per heavy atom. The van der Waals surface area contributed by atoms with Gasteiger partial charge in [0.1, 0.15) is 16.5 Å². The molecule has 0 fully saturated rings. The number of benzene rings is 1. The lowest BCUT2D eigenvalue weighted by Gasteiger charge is -2.08. The number of aryl methyl sites for hydroxylation is 1. The molecule has 0 aliphatic heterocycles. The van der Waals surface area contributed by atoms with Crippen LogP contribution in [-0.4, -0.2) is 32.2 Å². The van der Waals surface area contributed by atoms with Gasteiger partial charge in [0.2, 0.25) is 5.91 Å². The molecule has 2 aromatic rings. The van der Waals surface area contributed by atoms with Crippen molar-refractivity contribution in [3.8, 4) is 11.5 Å². The van der Waals surface area contributed by atoms with Crippen LogP contribution in [0.3, 0.4) is 0 Å². The van der Waals surface area contributed by atoms with Crippen LogP contribution in [0.4, 0.5) is 5.00 Å². The van der Waals surface area contributed by atoms with Crippen LogP contribution < -0.4 is 14.8 Å². The second-order valence-electron chi connectivity index (χ2n) is 5.50. The van der Waals surface area contributed by atoms with E-state index >= 15 is 0 Å². The van der Waals surface area contributed by atoms with E-state index in [1.807, 2.05) is 31.2 Å². The van der Waals surface area contributed by atoms with Crippen LogP contribution in [-0.2, 0) is 9.53 Å². The van der Waals surface area contributed by atoms with Crippen molar-refractivity contribution in [3.63, 3.8) is 0 Å². The first-order chi connectivity index (χ1) is 12.5. The molecule has 6 nitrogen and oxygen atoms in total. The van der Waals surface area contributed by atoms with Gasteiger partial charge in [0, 0.05) is 11.3 Å². The van der Waals surface area contributed by atoms with Gasteiger partial charge >= 0.3 is 5.97 Å². The van der Waals surface area contributed by atoms with Crippen molar-refractivity contribution in [1.82, 2.24) is 0 Å². The monoisotopic (exact) mass is 377 g/mol. The van der Waals surface area contributed by atoms with Crippen molar-refractivity contribution in [3.05, 3.63) is 40.8 Å². The molecule has 0 aliphatic carbocycles. The second-order valence-corrected chi connectivity index (χ2v) is 6.75. The summed E-state index contributed by atoms with van der Waals surface area (Å²) in [6.07, 6.45) is 0.867. The summed E-state index contributed by atoms with van der Waals surface area (Å²) in [6.45, 7) is 4.35. The molecule has 0 bridgehead atoms. The largest absolute Gasteiger partial charge is 0.497 e. The molecule has 7 heteroatoms. The van der Waals surface area contributed by atoms with Gasteiger partial charge in [0.25, 0.3) is 0 Å². The van der Waals surface area contributed by atoms with E-state index in [0.717, 1.165) is 16.4 Å². The first-order valence-corrected chi connectivity index (χ1v) is 9.19. The Morgan fingerprint density at radius 3 is 2.50 bits per heavy atom. The normalized spacial score (nSPS) is 10.3. The Balaban J connectivity index is 1.79. The number of amides is 1. The zero-order valence-corrected chi connectivity index (χ0v) is 16.0. The van der Waals surface area contributed by atoms with Gasteiger partial charge < -0.3 is 19.5 Å². The summed E-state index contributed by atoms with van der Waals surface area (Å²) in [7, 11) is 1.61. The van der Waals surface area contributed by atoms with Gasteiger partial charge in [0.15, 0.2) is 0 Å². The van der Waals surface area contributed by atoms with E-state index < -0.39 is 5.97 Å². The third-order valence-corrected chi connectivity index (χ3v) is 4.45. The van der Waals surface area contributed by atoms with Gasteiger partial charge in [0.05, 0.1) is 25.9 Å². The van der Waals surface area contributed by atoms with Crippen LogP contribution in [0.2, 0.25) is 0 Å². The molecule has 0 aliphatic rings. The number of ether oxygens (including phenoxy) is 3. The fourth-order valence-electron chi connectivity index (χ4n) is 2.25. The molecule has 0 saturated heterocycles. The summed E-state index contributed by atoms with van der Waals surface area (Å²) in [4.78, 5) is 25.0. The van der Waals surface area contributed by atoms with Crippen molar-refractivity contribution >= 4 is 28.2 Å². The predicted molar refractivity (Wildman–Crippen MR) is 101 cm³/mol. The van der Waals surface area contributed by atoms with E-state index in [-0.39, 0.29) is 5.91 Å². The number of esters is 1. The van der Waals surface area contributed by atoms with Gasteiger partial charge in [-0.15, -0.1) is 11.3 Å². The standard InChI is InChI=1S/C19H23NO5S/c1-4-24-19(22)16-12-13(2)26-18(16)20-17(21)6-5-11-25-15-9-7-14(23-3)8-10-15/h7-10,12H,4-6,11H2,1-3H3,(H,20,21). The van der Waals surface area contributed by atoms with Crippen molar-refractivity contribution in [2.24, 2.45) is 0 Å². The smallest absolute Gasteiger partial charge is 0.341 e. The molecule has 2 rings (SSSR count). The highest BCUT2D eigenvalue weighted by Crippen LogP contribution is 2.28. The SMILES string of the molecule is CCOC(=O)c1cc(C)sc1NC(=O)CCCOc1ccc(OC)cc1. The van der Waals surface area contributed by atoms with Crippen LogP contribution in [0.5, 0.6) is 11.5 Å². The Bertz CT molecular complexity index is 739. The van der Waals surface area contributed by atoms with Crippen LogP contribution >= 0.6 is 11.3 Å². The fraction of sp³-hybridized carbons (Fsp3) is 0.368. The number of hydrogen-bond donors (Lipinski definition) is 1. The number of rotatable bonds is 9. The van der Waals surface area contributed by atoms with Gasteiger partial charge in [-0.25, -0.2) is 4.79 Å². The third-order valence-electron chi connectivity index (χ3n) is 3.48.